The summed E-state index contributed by atoms with van der Waals surface area (Å²) in [5, 5.41) is 8.70. The van der Waals surface area contributed by atoms with E-state index in [9.17, 15) is 4.79 Å². The van der Waals surface area contributed by atoms with Crippen molar-refractivity contribution in [1.29, 1.82) is 0 Å². The number of rotatable bonds is 1. The van der Waals surface area contributed by atoms with E-state index in [0.717, 1.165) is 0 Å². The number of hydrogen-bond donors (Lipinski definition) is 2. The monoisotopic (exact) mass is 152 g/mol. The molecular weight excluding hydrogens is 144 g/mol. The summed E-state index contributed by atoms with van der Waals surface area (Å²) in [5.74, 6) is -0.687. The van der Waals surface area contributed by atoms with Crippen LogP contribution in [0.1, 0.15) is 6.92 Å². The Hall–Kier alpha value is -0.00312. The van der Waals surface area contributed by atoms with E-state index in [2.05, 4.69) is 17.1 Å². The van der Waals surface area contributed by atoms with Crippen LogP contribution in [0.25, 0.3) is 0 Å². The zero-order valence-corrected chi connectivity index (χ0v) is 7.61. The minimum Gasteiger partial charge on any atom is -0.526 e. The first-order valence-electron chi connectivity index (χ1n) is 2.01. The Bertz CT molecular complexity index is 97.2. The molecule has 5 heteroatoms. The molecule has 0 fully saturated rings. The molecule has 0 heterocycles. The van der Waals surface area contributed by atoms with Crippen molar-refractivity contribution in [3.8, 4) is 0 Å². The molecule has 0 aromatic rings. The van der Waals surface area contributed by atoms with Gasteiger partial charge in [-0.1, -0.05) is 0 Å². The van der Waals surface area contributed by atoms with Crippen LogP contribution in [0.15, 0.2) is 0 Å². The van der Waals surface area contributed by atoms with E-state index in [-0.39, 0.29) is 0 Å². The van der Waals surface area contributed by atoms with Crippen molar-refractivity contribution >= 4 is 29.1 Å². The zero-order chi connectivity index (χ0) is 6.78. The lowest BCUT2D eigenvalue weighted by atomic mass is 10.4. The van der Waals surface area contributed by atoms with Gasteiger partial charge in [0.1, 0.15) is 0 Å². The number of hydrogen-bond acceptors (Lipinski definition) is 4. The van der Waals surface area contributed by atoms with Gasteiger partial charge < -0.3 is 9.53 Å². The maximum atomic E-state index is 10.3. The molecule has 0 aromatic heterocycles. The van der Waals surface area contributed by atoms with Crippen molar-refractivity contribution in [3.63, 3.8) is 0 Å². The van der Waals surface area contributed by atoms with Gasteiger partial charge in [-0.2, -0.15) is 0 Å². The molecule has 48 valence electrons. The summed E-state index contributed by atoms with van der Waals surface area (Å²) < 4.78 is 4.29. The van der Waals surface area contributed by atoms with Gasteiger partial charge in [0, 0.05) is 0 Å². The number of aliphatic hydroxyl groups is 1. The maximum absolute atomic E-state index is 10.3. The van der Waals surface area contributed by atoms with Crippen LogP contribution in [0.3, 0.4) is 0 Å². The second kappa shape index (κ2) is 2.52. The van der Waals surface area contributed by atoms with Gasteiger partial charge in [0.2, 0.25) is 15.4 Å². The van der Waals surface area contributed by atoms with E-state index in [0.29, 0.717) is 10.5 Å². The molecule has 0 bridgehead atoms. The molecule has 1 unspecified atom stereocenters. The molecule has 0 amide bonds. The predicted molar refractivity (Wildman–Crippen MR) is 35.6 cm³/mol. The van der Waals surface area contributed by atoms with Gasteiger partial charge in [0.25, 0.3) is 0 Å². The van der Waals surface area contributed by atoms with E-state index >= 15 is 0 Å². The Morgan fingerprint density at radius 3 is 2.38 bits per heavy atom. The highest BCUT2D eigenvalue weighted by atomic mass is 32.1. The highest BCUT2D eigenvalue weighted by Crippen LogP contribution is 2.08. The van der Waals surface area contributed by atoms with Crippen molar-refractivity contribution in [1.82, 2.24) is 0 Å². The van der Waals surface area contributed by atoms with E-state index in [4.69, 9.17) is 5.11 Å². The van der Waals surface area contributed by atoms with Crippen molar-refractivity contribution in [2.45, 2.75) is 11.9 Å². The molecule has 0 aliphatic rings. The maximum Gasteiger partial charge on any atom is 0.334 e. The van der Waals surface area contributed by atoms with Gasteiger partial charge in [-0.3, -0.25) is 0 Å². The fourth-order valence-electron chi connectivity index (χ4n) is 0.193. The Morgan fingerprint density at radius 1 is 2.00 bits per heavy atom. The molecule has 0 saturated heterocycles. The van der Waals surface area contributed by atoms with Crippen LogP contribution in [0.5, 0.6) is 0 Å². The van der Waals surface area contributed by atoms with Crippen LogP contribution in [0.2, 0.25) is 0 Å². The third kappa shape index (κ3) is 2.34. The van der Waals surface area contributed by atoms with Crippen LogP contribution in [-0.4, -0.2) is 26.5 Å². The Balaban J connectivity index is 3.82. The largest absolute Gasteiger partial charge is 0.526 e. The highest BCUT2D eigenvalue weighted by Gasteiger charge is 2.24. The van der Waals surface area contributed by atoms with Crippen LogP contribution >= 0.6 is 12.6 Å². The van der Waals surface area contributed by atoms with Gasteiger partial charge in [-0.25, -0.2) is 4.79 Å². The molecule has 0 radical (unpaired) electrons. The van der Waals surface area contributed by atoms with Gasteiger partial charge in [0.15, 0.2) is 0 Å². The molecule has 0 saturated carbocycles. The topological polar surface area (TPSA) is 46.5 Å². The smallest absolute Gasteiger partial charge is 0.334 e. The zero-order valence-electron chi connectivity index (χ0n) is 4.71. The summed E-state index contributed by atoms with van der Waals surface area (Å²) in [4.78, 5) is 8.70. The molecule has 8 heavy (non-hydrogen) atoms. The van der Waals surface area contributed by atoms with Gasteiger partial charge in [-0.05, 0) is 6.92 Å². The Morgan fingerprint density at radius 2 is 2.38 bits per heavy atom. The van der Waals surface area contributed by atoms with Gasteiger partial charge >= 0.3 is 5.97 Å². The molecular formula is C3H8O3SSi. The van der Waals surface area contributed by atoms with Crippen molar-refractivity contribution < 1.29 is 14.3 Å². The summed E-state index contributed by atoms with van der Waals surface area (Å²) in [6.45, 7) is 1.26. The number of carbonyl (C=O) groups excluding carboxylic acids is 1. The number of carbonyl (C=O) groups is 1. The standard InChI is InChI=1S/C3H8O3SSi/c1-3(5,7)2(4)6-8/h5,7H,1,8H3. The molecule has 0 aliphatic heterocycles. The minimum atomic E-state index is -1.62. The Labute approximate surface area is 56.0 Å². The summed E-state index contributed by atoms with van der Waals surface area (Å²) >= 11 is 3.53. The minimum absolute atomic E-state index is 0.295. The third-order valence-corrected chi connectivity index (χ3v) is 1.13. The number of thiol groups is 1. The predicted octanol–water partition coefficient (Wildman–Crippen LogP) is -1.55. The lowest BCUT2D eigenvalue weighted by Gasteiger charge is -2.11. The molecule has 0 aromatic carbocycles. The quantitative estimate of drug-likeness (QED) is 0.272. The SMILES string of the molecule is CC(O)(S)C(=O)O[SiH3]. The molecule has 0 aliphatic carbocycles. The lowest BCUT2D eigenvalue weighted by molar-refractivity contribution is -0.144. The lowest BCUT2D eigenvalue weighted by Crippen LogP contribution is -2.29. The summed E-state index contributed by atoms with van der Waals surface area (Å²) in [6.07, 6.45) is 0. The first-order valence-corrected chi connectivity index (χ1v) is 3.28. The summed E-state index contributed by atoms with van der Waals surface area (Å²) in [5.41, 5.74) is 0. The summed E-state index contributed by atoms with van der Waals surface area (Å²) in [6, 6.07) is 0. The summed E-state index contributed by atoms with van der Waals surface area (Å²) in [7, 11) is 0.295. The average Bonchev–Trinajstić information content (AvgIpc) is 1.62. The average molecular weight is 152 g/mol. The molecule has 0 rings (SSSR count). The molecule has 1 N–H and O–H groups in total. The van der Waals surface area contributed by atoms with E-state index < -0.39 is 10.9 Å². The highest BCUT2D eigenvalue weighted by molar-refractivity contribution is 7.82. The second-order valence-electron chi connectivity index (χ2n) is 1.51. The van der Waals surface area contributed by atoms with E-state index in [1.165, 1.54) is 6.92 Å². The van der Waals surface area contributed by atoms with Crippen LogP contribution in [0, 0.1) is 0 Å². The van der Waals surface area contributed by atoms with E-state index in [1.54, 1.807) is 0 Å². The second-order valence-corrected chi connectivity index (χ2v) is 2.79. The first-order chi connectivity index (χ1) is 3.48. The molecule has 3 nitrogen and oxygen atoms in total. The third-order valence-electron chi connectivity index (χ3n) is 0.572. The Kier molecular flexibility index (Phi) is 2.52. The van der Waals surface area contributed by atoms with Crippen LogP contribution in [-0.2, 0) is 9.22 Å². The fourth-order valence-corrected chi connectivity index (χ4v) is 0.854. The van der Waals surface area contributed by atoms with E-state index in [1.807, 2.05) is 0 Å². The van der Waals surface area contributed by atoms with Crippen LogP contribution < -0.4 is 0 Å². The normalized spacial score (nSPS) is 17.4. The van der Waals surface area contributed by atoms with Gasteiger partial charge in [-0.15, -0.1) is 12.6 Å². The van der Waals surface area contributed by atoms with Crippen molar-refractivity contribution in [3.05, 3.63) is 0 Å². The fraction of sp³-hybridized carbons (Fsp3) is 0.667. The van der Waals surface area contributed by atoms with Crippen molar-refractivity contribution in [2.75, 3.05) is 0 Å². The molecule has 0 spiro atoms. The molecule has 1 atom stereocenters. The first kappa shape index (κ1) is 8.00. The van der Waals surface area contributed by atoms with Gasteiger partial charge in [0.05, 0.1) is 0 Å². The van der Waals surface area contributed by atoms with Crippen molar-refractivity contribution in [2.24, 2.45) is 0 Å². The van der Waals surface area contributed by atoms with Crippen LogP contribution in [0.4, 0.5) is 0 Å².